The summed E-state index contributed by atoms with van der Waals surface area (Å²) in [6.07, 6.45) is 4.73. The lowest BCUT2D eigenvalue weighted by Gasteiger charge is -2.04. The molecule has 29 heavy (non-hydrogen) atoms. The average molecular weight is 467 g/mol. The van der Waals surface area contributed by atoms with Crippen LogP contribution in [0.2, 0.25) is 0 Å². The van der Waals surface area contributed by atoms with E-state index >= 15 is 0 Å². The number of nitrogens with one attached hydrogen (secondary N) is 1. The zero-order valence-electron chi connectivity index (χ0n) is 15.7. The number of benzene rings is 2. The quantitative estimate of drug-likeness (QED) is 0.174. The fourth-order valence-electron chi connectivity index (χ4n) is 3.19. The van der Waals surface area contributed by atoms with Crippen LogP contribution in [0.4, 0.5) is 4.39 Å². The van der Waals surface area contributed by atoms with Gasteiger partial charge in [0.25, 0.3) is 0 Å². The zero-order chi connectivity index (χ0) is 20.1. The molecule has 2 aromatic heterocycles. The number of hydrogen-bond donors (Lipinski definition) is 1. The Morgan fingerprint density at radius 1 is 0.862 bits per heavy atom. The number of aromatic amines is 1. The molecular weight excluding hydrogens is 447 g/mol. The maximum absolute atomic E-state index is 13.4. The second-order valence-electron chi connectivity index (χ2n) is 6.63. The van der Waals surface area contributed by atoms with E-state index in [1.165, 1.54) is 17.0 Å². The molecule has 4 rings (SSSR count). The monoisotopic (exact) mass is 466 g/mol. The largest absolute Gasteiger partial charge is 0.354 e. The first-order valence-corrected chi connectivity index (χ1v) is 11.5. The molecule has 0 saturated carbocycles. The first-order valence-electron chi connectivity index (χ1n) is 9.43. The van der Waals surface area contributed by atoms with Crippen LogP contribution in [0.5, 0.6) is 0 Å². The summed E-state index contributed by atoms with van der Waals surface area (Å²) in [5.74, 6) is 0.868. The molecule has 0 amide bonds. The van der Waals surface area contributed by atoms with Crippen LogP contribution in [0.25, 0.3) is 33.6 Å². The molecule has 5 heteroatoms. The van der Waals surface area contributed by atoms with E-state index in [-0.39, 0.29) is 5.82 Å². The standard InChI is InChI=1S/C24H20BrFN2S/c25-12-1-15-29-21-8-4-18(5-9-21)23-16-22(17-10-13-27-14-11-17)24(28-23)19-2-6-20(26)7-3-19/h2-11,13-14,16,28H,1,12,15H2. The van der Waals surface area contributed by atoms with Crippen molar-refractivity contribution in [2.24, 2.45) is 0 Å². The molecule has 0 aliphatic rings. The molecule has 0 atom stereocenters. The Bertz CT molecular complexity index is 1060. The molecule has 0 saturated heterocycles. The van der Waals surface area contributed by atoms with Gasteiger partial charge >= 0.3 is 0 Å². The third-order valence-electron chi connectivity index (χ3n) is 4.65. The molecule has 146 valence electrons. The lowest BCUT2D eigenvalue weighted by molar-refractivity contribution is 0.628. The van der Waals surface area contributed by atoms with Crippen molar-refractivity contribution in [1.82, 2.24) is 9.97 Å². The molecule has 0 spiro atoms. The summed E-state index contributed by atoms with van der Waals surface area (Å²) in [6, 6.07) is 21.3. The van der Waals surface area contributed by atoms with Gasteiger partial charge in [0.05, 0.1) is 5.69 Å². The minimum Gasteiger partial charge on any atom is -0.354 e. The lowest BCUT2D eigenvalue weighted by Crippen LogP contribution is -1.84. The molecule has 2 nitrogen and oxygen atoms in total. The molecule has 0 aliphatic heterocycles. The van der Waals surface area contributed by atoms with Gasteiger partial charge in [0.1, 0.15) is 5.82 Å². The minimum atomic E-state index is -0.237. The van der Waals surface area contributed by atoms with Gasteiger partial charge < -0.3 is 4.98 Å². The van der Waals surface area contributed by atoms with E-state index < -0.39 is 0 Å². The van der Waals surface area contributed by atoms with Crippen LogP contribution in [-0.4, -0.2) is 21.1 Å². The third-order valence-corrected chi connectivity index (χ3v) is 6.31. The van der Waals surface area contributed by atoms with Crippen molar-refractivity contribution >= 4 is 27.7 Å². The van der Waals surface area contributed by atoms with Gasteiger partial charge in [-0.3, -0.25) is 4.98 Å². The number of hydrogen-bond acceptors (Lipinski definition) is 2. The maximum atomic E-state index is 13.4. The van der Waals surface area contributed by atoms with Crippen molar-refractivity contribution in [3.05, 3.63) is 84.9 Å². The predicted molar refractivity (Wildman–Crippen MR) is 124 cm³/mol. The predicted octanol–water partition coefficient (Wildman–Crippen LogP) is 7.43. The van der Waals surface area contributed by atoms with Gasteiger partial charge in [0.2, 0.25) is 0 Å². The number of H-pyrrole nitrogens is 1. The summed E-state index contributed by atoms with van der Waals surface area (Å²) in [4.78, 5) is 8.95. The van der Waals surface area contributed by atoms with E-state index in [1.54, 1.807) is 24.5 Å². The van der Waals surface area contributed by atoms with Crippen LogP contribution in [0.15, 0.2) is 84.0 Å². The highest BCUT2D eigenvalue weighted by molar-refractivity contribution is 9.09. The number of nitrogens with zero attached hydrogens (tertiary/aromatic N) is 1. The highest BCUT2D eigenvalue weighted by Gasteiger charge is 2.13. The normalized spacial score (nSPS) is 11.0. The van der Waals surface area contributed by atoms with Crippen molar-refractivity contribution < 1.29 is 4.39 Å². The number of halogens is 2. The van der Waals surface area contributed by atoms with E-state index in [9.17, 15) is 4.39 Å². The van der Waals surface area contributed by atoms with Crippen molar-refractivity contribution in [3.8, 4) is 33.6 Å². The maximum Gasteiger partial charge on any atom is 0.123 e. The summed E-state index contributed by atoms with van der Waals surface area (Å²) in [7, 11) is 0. The van der Waals surface area contributed by atoms with E-state index in [0.29, 0.717) is 0 Å². The van der Waals surface area contributed by atoms with Crippen molar-refractivity contribution in [2.75, 3.05) is 11.1 Å². The Labute approximate surface area is 182 Å². The van der Waals surface area contributed by atoms with Crippen molar-refractivity contribution in [3.63, 3.8) is 0 Å². The molecule has 1 N–H and O–H groups in total. The number of thioether (sulfide) groups is 1. The van der Waals surface area contributed by atoms with Gasteiger partial charge in [-0.15, -0.1) is 11.8 Å². The molecular formula is C24H20BrFN2S. The molecule has 0 unspecified atom stereocenters. The second-order valence-corrected chi connectivity index (χ2v) is 8.59. The van der Waals surface area contributed by atoms with E-state index in [0.717, 1.165) is 51.1 Å². The van der Waals surface area contributed by atoms with E-state index in [4.69, 9.17) is 0 Å². The first-order chi connectivity index (χ1) is 14.2. The van der Waals surface area contributed by atoms with Crippen LogP contribution in [0.1, 0.15) is 6.42 Å². The van der Waals surface area contributed by atoms with Crippen LogP contribution >= 0.6 is 27.7 Å². The Morgan fingerprint density at radius 2 is 1.55 bits per heavy atom. The Kier molecular flexibility index (Phi) is 6.47. The van der Waals surface area contributed by atoms with Gasteiger partial charge in [-0.2, -0.15) is 0 Å². The number of aromatic nitrogens is 2. The average Bonchev–Trinajstić information content (AvgIpc) is 3.21. The molecule has 2 aromatic carbocycles. The Hall–Kier alpha value is -2.37. The minimum absolute atomic E-state index is 0.237. The molecule has 0 fully saturated rings. The summed E-state index contributed by atoms with van der Waals surface area (Å²) in [5, 5.41) is 1.03. The van der Waals surface area contributed by atoms with Gasteiger partial charge in [-0.25, -0.2) is 4.39 Å². The van der Waals surface area contributed by atoms with Gasteiger partial charge in [0, 0.05) is 33.9 Å². The van der Waals surface area contributed by atoms with Crippen LogP contribution < -0.4 is 0 Å². The van der Waals surface area contributed by atoms with E-state index in [1.807, 2.05) is 23.9 Å². The first kappa shape index (κ1) is 19.9. The van der Waals surface area contributed by atoms with Gasteiger partial charge in [0.15, 0.2) is 0 Å². The molecule has 4 aromatic rings. The fraction of sp³-hybridized carbons (Fsp3) is 0.125. The lowest BCUT2D eigenvalue weighted by atomic mass is 10.0. The van der Waals surface area contributed by atoms with Crippen molar-refractivity contribution in [1.29, 1.82) is 0 Å². The Balaban J connectivity index is 1.70. The van der Waals surface area contributed by atoms with Crippen LogP contribution in [0.3, 0.4) is 0 Å². The SMILES string of the molecule is Fc1ccc(-c2[nH]c(-c3ccc(SCCCBr)cc3)cc2-c2ccncc2)cc1. The highest BCUT2D eigenvalue weighted by atomic mass is 79.9. The summed E-state index contributed by atoms with van der Waals surface area (Å²) in [6.45, 7) is 0. The highest BCUT2D eigenvalue weighted by Crippen LogP contribution is 2.36. The smallest absolute Gasteiger partial charge is 0.123 e. The topological polar surface area (TPSA) is 28.7 Å². The van der Waals surface area contributed by atoms with Gasteiger partial charge in [-0.05, 0) is 83.5 Å². The molecule has 0 bridgehead atoms. The second kappa shape index (κ2) is 9.42. The zero-order valence-corrected chi connectivity index (χ0v) is 18.1. The Morgan fingerprint density at radius 3 is 2.24 bits per heavy atom. The summed E-state index contributed by atoms with van der Waals surface area (Å²) < 4.78 is 13.4. The van der Waals surface area contributed by atoms with Crippen LogP contribution in [-0.2, 0) is 0 Å². The molecule has 2 heterocycles. The molecule has 0 radical (unpaired) electrons. The summed E-state index contributed by atoms with van der Waals surface area (Å²) >= 11 is 5.34. The summed E-state index contributed by atoms with van der Waals surface area (Å²) in [5.41, 5.74) is 6.23. The fourth-order valence-corrected chi connectivity index (χ4v) is 4.69. The number of alkyl halides is 1. The van der Waals surface area contributed by atoms with Gasteiger partial charge in [-0.1, -0.05) is 28.1 Å². The van der Waals surface area contributed by atoms with E-state index in [2.05, 4.69) is 56.2 Å². The molecule has 0 aliphatic carbocycles. The number of rotatable bonds is 7. The number of pyridine rings is 1. The van der Waals surface area contributed by atoms with Crippen molar-refractivity contribution in [2.45, 2.75) is 11.3 Å². The van der Waals surface area contributed by atoms with Crippen LogP contribution in [0, 0.1) is 5.82 Å². The third kappa shape index (κ3) is 4.80.